The molecule has 0 aliphatic heterocycles. The number of rotatable bonds is 14. The van der Waals surface area contributed by atoms with Crippen molar-refractivity contribution in [1.82, 2.24) is 0 Å². The maximum Gasteiger partial charge on any atom is 0.0702 e. The Kier molecular flexibility index (Phi) is 23.5. The Bertz CT molecular complexity index is 1760. The molecule has 0 aliphatic carbocycles. The van der Waals surface area contributed by atoms with Crippen molar-refractivity contribution in [2.45, 2.75) is 186 Å². The second-order valence-corrected chi connectivity index (χ2v) is 19.2. The van der Waals surface area contributed by atoms with Crippen LogP contribution in [0.3, 0.4) is 0 Å². The molecule has 0 N–H and O–H groups in total. The van der Waals surface area contributed by atoms with Gasteiger partial charge in [0, 0.05) is 33.6 Å². The number of para-hydroxylation sites is 4. The van der Waals surface area contributed by atoms with Gasteiger partial charge in [0.05, 0.1) is 45.6 Å². The van der Waals surface area contributed by atoms with Gasteiger partial charge >= 0.3 is 0 Å². The summed E-state index contributed by atoms with van der Waals surface area (Å²) in [6.45, 7) is 44.2. The quantitative estimate of drug-likeness (QED) is 0.113. The molecule has 0 aromatic heterocycles. The normalized spacial score (nSPS) is 12.8. The predicted octanol–water partition coefficient (Wildman–Crippen LogP) is 18.1. The molecule has 0 heterocycles. The molecule has 0 fully saturated rings. The molecule has 0 saturated heterocycles. The van der Waals surface area contributed by atoms with Crippen LogP contribution >= 0.6 is 0 Å². The zero-order valence-corrected chi connectivity index (χ0v) is 44.1. The average molecular weight is 927 g/mol. The number of aliphatic imine (C=N–C) groups is 4. The summed E-state index contributed by atoms with van der Waals surface area (Å²) >= 11 is 0. The van der Waals surface area contributed by atoms with Crippen molar-refractivity contribution in [3.63, 3.8) is 0 Å². The van der Waals surface area contributed by atoms with Gasteiger partial charge < -0.3 is 0 Å². The van der Waals surface area contributed by atoms with E-state index in [1.807, 2.05) is 0 Å². The van der Waals surface area contributed by atoms with E-state index in [2.05, 4.69) is 211 Å². The largest absolute Gasteiger partial charge is 0.251 e. The summed E-state index contributed by atoms with van der Waals surface area (Å²) in [6, 6.07) is 26.3. The number of nitrogens with zero attached hydrogens (tertiary/aromatic N) is 4. The van der Waals surface area contributed by atoms with E-state index >= 15 is 0 Å². The van der Waals surface area contributed by atoms with Gasteiger partial charge in [0.2, 0.25) is 0 Å². The van der Waals surface area contributed by atoms with Crippen molar-refractivity contribution in [1.29, 1.82) is 0 Å². The summed E-state index contributed by atoms with van der Waals surface area (Å²) in [5, 5.41) is 0. The van der Waals surface area contributed by atoms with Crippen molar-refractivity contribution in [2.75, 3.05) is 0 Å². The maximum absolute atomic E-state index is 5.13. The third-order valence-corrected chi connectivity index (χ3v) is 11.5. The molecule has 2 radical (unpaired) electrons. The van der Waals surface area contributed by atoms with E-state index in [0.29, 0.717) is 47.3 Å². The van der Waals surface area contributed by atoms with E-state index < -0.39 is 0 Å². The van der Waals surface area contributed by atoms with Gasteiger partial charge in [-0.05, 0) is 120 Å². The molecule has 0 atom stereocenters. The monoisotopic (exact) mass is 927 g/mol. The zero-order chi connectivity index (χ0) is 45.2. The summed E-state index contributed by atoms with van der Waals surface area (Å²) in [5.74, 6) is 3.46. The van der Waals surface area contributed by atoms with Gasteiger partial charge in [0.25, 0.3) is 0 Å². The van der Waals surface area contributed by atoms with Gasteiger partial charge in [-0.1, -0.05) is 184 Å². The topological polar surface area (TPSA) is 49.4 Å². The summed E-state index contributed by atoms with van der Waals surface area (Å²) < 4.78 is 0. The van der Waals surface area contributed by atoms with E-state index in [0.717, 1.165) is 45.6 Å². The number of hydrogen-bond acceptors (Lipinski definition) is 4. The van der Waals surface area contributed by atoms with E-state index in [1.165, 1.54) is 44.5 Å². The summed E-state index contributed by atoms with van der Waals surface area (Å²) in [7, 11) is 0. The molecule has 4 aromatic carbocycles. The molecule has 0 unspecified atom stereocenters. The van der Waals surface area contributed by atoms with Crippen LogP contribution in [0.15, 0.2) is 92.8 Å². The second-order valence-electron chi connectivity index (χ2n) is 19.2. The third kappa shape index (κ3) is 14.8. The first-order valence-corrected chi connectivity index (χ1v) is 22.8. The Labute approximate surface area is 400 Å². The molecule has 0 amide bonds. The Morgan fingerprint density at radius 3 is 0.468 bits per heavy atom. The zero-order valence-electron chi connectivity index (χ0n) is 42.0. The van der Waals surface area contributed by atoms with Crippen LogP contribution in [0.25, 0.3) is 0 Å². The van der Waals surface area contributed by atoms with Crippen LogP contribution < -0.4 is 0 Å². The molecule has 62 heavy (non-hydrogen) atoms. The molecule has 0 spiro atoms. The van der Waals surface area contributed by atoms with Crippen molar-refractivity contribution in [2.24, 2.45) is 20.0 Å². The summed E-state index contributed by atoms with van der Waals surface area (Å²) in [6.07, 6.45) is 0. The minimum Gasteiger partial charge on any atom is -0.251 e. The van der Waals surface area contributed by atoms with Crippen LogP contribution in [-0.2, 0) is 33.6 Å². The fourth-order valence-corrected chi connectivity index (χ4v) is 7.56. The SMILES string of the molecule is CC(=Nc1c(C(C)C)cccc1C(C)C)C(C)=Nc1c(C(C)C)cccc1C(C)C.CC(=Nc1c(C(C)C)cccc1C(C)C)C(C)=Nc1c(C(C)C)cccc1C(C)C.[Co].[Co]. The van der Waals surface area contributed by atoms with Crippen molar-refractivity contribution in [3.8, 4) is 0 Å². The molecule has 4 rings (SSSR count). The maximum atomic E-state index is 5.13. The minimum absolute atomic E-state index is 0. The van der Waals surface area contributed by atoms with Crippen molar-refractivity contribution >= 4 is 45.6 Å². The Hall–Kier alpha value is -3.43. The first-order chi connectivity index (χ1) is 28.1. The Morgan fingerprint density at radius 2 is 0.371 bits per heavy atom. The standard InChI is InChI=1S/2C28H40N2.2Co/c2*1-17(2)23-13-11-14-24(18(3)4)27(23)29-21(9)22(10)30-28-25(19(5)6)15-12-16-26(28)20(7)8;;/h2*11-20H,1-10H3;;. The summed E-state index contributed by atoms with van der Waals surface area (Å²) in [5.41, 5.74) is 18.9. The third-order valence-electron chi connectivity index (χ3n) is 11.5. The van der Waals surface area contributed by atoms with Crippen LogP contribution in [0.5, 0.6) is 0 Å². The Balaban J connectivity index is 0.000000601. The van der Waals surface area contributed by atoms with Crippen molar-refractivity contribution in [3.05, 3.63) is 117 Å². The smallest absolute Gasteiger partial charge is 0.0702 e. The fraction of sp³-hybridized carbons (Fsp3) is 0.500. The molecule has 0 aliphatic rings. The van der Waals surface area contributed by atoms with Gasteiger partial charge in [0.15, 0.2) is 0 Å². The van der Waals surface area contributed by atoms with Crippen LogP contribution in [0, 0.1) is 0 Å². The molecular formula is C56H80Co2N4. The van der Waals surface area contributed by atoms with Crippen LogP contribution in [0.4, 0.5) is 22.7 Å². The molecule has 4 nitrogen and oxygen atoms in total. The van der Waals surface area contributed by atoms with Crippen molar-refractivity contribution < 1.29 is 33.6 Å². The molecule has 0 bridgehead atoms. The molecular weight excluding hydrogens is 847 g/mol. The average Bonchev–Trinajstić information content (AvgIpc) is 3.17. The van der Waals surface area contributed by atoms with Gasteiger partial charge in [-0.15, -0.1) is 0 Å². The fourth-order valence-electron chi connectivity index (χ4n) is 7.56. The van der Waals surface area contributed by atoms with E-state index in [-0.39, 0.29) is 33.6 Å². The first-order valence-electron chi connectivity index (χ1n) is 22.8. The van der Waals surface area contributed by atoms with Crippen LogP contribution in [0.2, 0.25) is 0 Å². The van der Waals surface area contributed by atoms with Crippen LogP contribution in [0.1, 0.15) is 230 Å². The predicted molar refractivity (Wildman–Crippen MR) is 270 cm³/mol. The van der Waals surface area contributed by atoms with E-state index in [9.17, 15) is 0 Å². The van der Waals surface area contributed by atoms with Gasteiger partial charge in [-0.25, -0.2) is 0 Å². The molecule has 4 aromatic rings. The van der Waals surface area contributed by atoms with Gasteiger partial charge in [-0.2, -0.15) is 0 Å². The van der Waals surface area contributed by atoms with E-state index in [1.54, 1.807) is 0 Å². The Morgan fingerprint density at radius 1 is 0.258 bits per heavy atom. The summed E-state index contributed by atoms with van der Waals surface area (Å²) in [4.78, 5) is 20.5. The van der Waals surface area contributed by atoms with Gasteiger partial charge in [-0.3, -0.25) is 20.0 Å². The van der Waals surface area contributed by atoms with Crippen LogP contribution in [-0.4, -0.2) is 22.8 Å². The molecule has 6 heteroatoms. The van der Waals surface area contributed by atoms with Gasteiger partial charge in [0.1, 0.15) is 0 Å². The van der Waals surface area contributed by atoms with E-state index in [4.69, 9.17) is 20.0 Å². The number of hydrogen-bond donors (Lipinski definition) is 0. The number of benzene rings is 4. The minimum atomic E-state index is 0. The second kappa shape index (κ2) is 25.8. The first kappa shape index (κ1) is 56.6. The molecule has 0 saturated carbocycles. The molecule has 342 valence electrons.